The highest BCUT2D eigenvalue weighted by molar-refractivity contribution is 5.85. The lowest BCUT2D eigenvalue weighted by Gasteiger charge is -2.27. The topological polar surface area (TPSA) is 6.48 Å². The number of benzene rings is 2. The van der Waals surface area contributed by atoms with Gasteiger partial charge in [-0.1, -0.05) is 48.5 Å². The molecule has 0 radical (unpaired) electrons. The lowest BCUT2D eigenvalue weighted by atomic mass is 9.90. The molecule has 0 amide bonds. The molecular formula is C22H30Cl2N2. The lowest BCUT2D eigenvalue weighted by Crippen LogP contribution is -2.28. The minimum Gasteiger partial charge on any atom is -0.299 e. The van der Waals surface area contributed by atoms with Crippen molar-refractivity contribution in [3.8, 4) is 0 Å². The van der Waals surface area contributed by atoms with Gasteiger partial charge in [-0.2, -0.15) is 0 Å². The largest absolute Gasteiger partial charge is 0.299 e. The molecule has 0 aliphatic carbocycles. The summed E-state index contributed by atoms with van der Waals surface area (Å²) in [4.78, 5) is 5.24. The fourth-order valence-electron chi connectivity index (χ4n) is 4.79. The van der Waals surface area contributed by atoms with Crippen LogP contribution in [0, 0.1) is 25.7 Å². The molecule has 4 heteroatoms. The standard InChI is InChI=1S/C22H28N2.2ClH/c1-16-9-10-18(11-17(16)2)12-24-14-20-13-23(3)22(21(20)15-24)19-7-5-4-6-8-19;;/h4-11,20-22H,12-15H2,1-3H3;2*1H/t20-,21+,22-;;/m0../s1. The van der Waals surface area contributed by atoms with Gasteiger partial charge in [0.1, 0.15) is 0 Å². The highest BCUT2D eigenvalue weighted by Gasteiger charge is 2.45. The summed E-state index contributed by atoms with van der Waals surface area (Å²) in [7, 11) is 2.30. The van der Waals surface area contributed by atoms with E-state index in [1.165, 1.54) is 41.9 Å². The van der Waals surface area contributed by atoms with Crippen LogP contribution >= 0.6 is 24.8 Å². The molecule has 4 rings (SSSR count). The number of hydrogen-bond donors (Lipinski definition) is 0. The summed E-state index contributed by atoms with van der Waals surface area (Å²) in [6.07, 6.45) is 0. The van der Waals surface area contributed by atoms with Crippen LogP contribution in [-0.2, 0) is 6.54 Å². The van der Waals surface area contributed by atoms with Gasteiger partial charge < -0.3 is 0 Å². The minimum absolute atomic E-state index is 0. The normalized spacial score (nSPS) is 25.4. The number of hydrogen-bond acceptors (Lipinski definition) is 2. The average Bonchev–Trinajstić information content (AvgIpc) is 3.07. The van der Waals surface area contributed by atoms with E-state index >= 15 is 0 Å². The second-order valence-corrected chi connectivity index (χ2v) is 7.83. The van der Waals surface area contributed by atoms with E-state index in [1.807, 2.05) is 0 Å². The van der Waals surface area contributed by atoms with Crippen LogP contribution in [0.15, 0.2) is 48.5 Å². The van der Waals surface area contributed by atoms with Gasteiger partial charge in [0, 0.05) is 32.2 Å². The van der Waals surface area contributed by atoms with Crippen molar-refractivity contribution in [2.24, 2.45) is 11.8 Å². The molecule has 2 fully saturated rings. The highest BCUT2D eigenvalue weighted by atomic mass is 35.5. The van der Waals surface area contributed by atoms with Crippen LogP contribution in [0.5, 0.6) is 0 Å². The molecule has 2 aromatic carbocycles. The fraction of sp³-hybridized carbons (Fsp3) is 0.455. The van der Waals surface area contributed by atoms with Gasteiger partial charge in [-0.15, -0.1) is 24.8 Å². The Morgan fingerprint density at radius 3 is 2.31 bits per heavy atom. The van der Waals surface area contributed by atoms with Crippen LogP contribution in [-0.4, -0.2) is 36.5 Å². The molecule has 0 N–H and O–H groups in total. The van der Waals surface area contributed by atoms with Gasteiger partial charge in [-0.3, -0.25) is 9.80 Å². The molecule has 142 valence electrons. The molecule has 0 saturated carbocycles. The lowest BCUT2D eigenvalue weighted by molar-refractivity contribution is 0.224. The Morgan fingerprint density at radius 2 is 1.62 bits per heavy atom. The number of aryl methyl sites for hydroxylation is 2. The third-order valence-electron chi connectivity index (χ3n) is 6.09. The predicted octanol–water partition coefficient (Wildman–Crippen LogP) is 4.88. The predicted molar refractivity (Wildman–Crippen MR) is 114 cm³/mol. The van der Waals surface area contributed by atoms with E-state index in [0.29, 0.717) is 6.04 Å². The number of rotatable bonds is 3. The van der Waals surface area contributed by atoms with Crippen LogP contribution in [0.2, 0.25) is 0 Å². The minimum atomic E-state index is 0. The Morgan fingerprint density at radius 1 is 0.885 bits per heavy atom. The molecule has 2 aromatic rings. The molecule has 0 spiro atoms. The maximum Gasteiger partial charge on any atom is 0.0389 e. The molecular weight excluding hydrogens is 363 g/mol. The first kappa shape index (κ1) is 21.2. The van der Waals surface area contributed by atoms with Crippen LogP contribution in [0.25, 0.3) is 0 Å². The average molecular weight is 393 g/mol. The van der Waals surface area contributed by atoms with Crippen molar-refractivity contribution in [2.75, 3.05) is 26.7 Å². The second-order valence-electron chi connectivity index (χ2n) is 7.83. The third kappa shape index (κ3) is 4.09. The van der Waals surface area contributed by atoms with Gasteiger partial charge in [-0.25, -0.2) is 0 Å². The fourth-order valence-corrected chi connectivity index (χ4v) is 4.79. The van der Waals surface area contributed by atoms with E-state index in [2.05, 4.69) is 79.2 Å². The van der Waals surface area contributed by atoms with Gasteiger partial charge in [0.05, 0.1) is 0 Å². The molecule has 2 aliphatic heterocycles. The van der Waals surface area contributed by atoms with E-state index in [-0.39, 0.29) is 24.8 Å². The second kappa shape index (κ2) is 8.75. The molecule has 0 bridgehead atoms. The van der Waals surface area contributed by atoms with Gasteiger partial charge >= 0.3 is 0 Å². The number of fused-ring (bicyclic) bond motifs is 1. The summed E-state index contributed by atoms with van der Waals surface area (Å²) in [5.74, 6) is 1.58. The van der Waals surface area contributed by atoms with Crippen LogP contribution < -0.4 is 0 Å². The zero-order chi connectivity index (χ0) is 16.7. The monoisotopic (exact) mass is 392 g/mol. The SMILES string of the molecule is Cc1ccc(CN2C[C@@H]3CN(C)[C@@H](c4ccccc4)[C@@H]3C2)cc1C.Cl.Cl. The van der Waals surface area contributed by atoms with Crippen molar-refractivity contribution < 1.29 is 0 Å². The summed E-state index contributed by atoms with van der Waals surface area (Å²) in [5, 5.41) is 0. The van der Waals surface area contributed by atoms with Crippen molar-refractivity contribution >= 4 is 24.8 Å². The molecule has 2 saturated heterocycles. The summed E-state index contributed by atoms with van der Waals surface area (Å²) in [6.45, 7) is 9.21. The summed E-state index contributed by atoms with van der Waals surface area (Å²) >= 11 is 0. The van der Waals surface area contributed by atoms with Gasteiger partial charge in [-0.05, 0) is 55.0 Å². The van der Waals surface area contributed by atoms with E-state index in [0.717, 1.165) is 18.4 Å². The first-order valence-corrected chi connectivity index (χ1v) is 9.15. The van der Waals surface area contributed by atoms with Crippen molar-refractivity contribution in [1.29, 1.82) is 0 Å². The van der Waals surface area contributed by atoms with Gasteiger partial charge in [0.2, 0.25) is 0 Å². The Hall–Kier alpha value is -1.06. The van der Waals surface area contributed by atoms with E-state index < -0.39 is 0 Å². The Labute approximate surface area is 170 Å². The van der Waals surface area contributed by atoms with Gasteiger partial charge in [0.15, 0.2) is 0 Å². The Bertz CT molecular complexity index is 719. The summed E-state index contributed by atoms with van der Waals surface area (Å²) in [6, 6.07) is 18.6. The Balaban J connectivity index is 0.00000121. The number of nitrogens with zero attached hydrogens (tertiary/aromatic N) is 2. The van der Waals surface area contributed by atoms with Gasteiger partial charge in [0.25, 0.3) is 0 Å². The molecule has 0 unspecified atom stereocenters. The van der Waals surface area contributed by atoms with Crippen LogP contribution in [0.3, 0.4) is 0 Å². The first-order valence-electron chi connectivity index (χ1n) is 9.15. The van der Waals surface area contributed by atoms with Crippen molar-refractivity contribution in [1.82, 2.24) is 9.80 Å². The molecule has 0 aromatic heterocycles. The maximum absolute atomic E-state index is 2.67. The highest BCUT2D eigenvalue weighted by Crippen LogP contribution is 2.44. The molecule has 26 heavy (non-hydrogen) atoms. The first-order chi connectivity index (χ1) is 11.6. The van der Waals surface area contributed by atoms with E-state index in [4.69, 9.17) is 0 Å². The van der Waals surface area contributed by atoms with Crippen molar-refractivity contribution in [2.45, 2.75) is 26.4 Å². The molecule has 2 nitrogen and oxygen atoms in total. The third-order valence-corrected chi connectivity index (χ3v) is 6.09. The Kier molecular flexibility index (Phi) is 7.15. The van der Waals surface area contributed by atoms with Crippen molar-refractivity contribution in [3.63, 3.8) is 0 Å². The molecule has 2 aliphatic rings. The summed E-state index contributed by atoms with van der Waals surface area (Å²) < 4.78 is 0. The van der Waals surface area contributed by atoms with Crippen molar-refractivity contribution in [3.05, 3.63) is 70.8 Å². The zero-order valence-corrected chi connectivity index (χ0v) is 17.5. The van der Waals surface area contributed by atoms with E-state index in [9.17, 15) is 0 Å². The summed E-state index contributed by atoms with van der Waals surface area (Å²) in [5.41, 5.74) is 5.75. The van der Waals surface area contributed by atoms with E-state index in [1.54, 1.807) is 0 Å². The van der Waals surface area contributed by atoms with Crippen LogP contribution in [0.1, 0.15) is 28.3 Å². The molecule has 3 atom stereocenters. The molecule has 2 heterocycles. The smallest absolute Gasteiger partial charge is 0.0389 e. The van der Waals surface area contributed by atoms with Crippen LogP contribution in [0.4, 0.5) is 0 Å². The number of halogens is 2. The quantitative estimate of drug-likeness (QED) is 0.733. The number of likely N-dealkylation sites (tertiary alicyclic amines) is 2. The zero-order valence-electron chi connectivity index (χ0n) is 15.9. The maximum atomic E-state index is 2.67.